The molecular formula is C18H16Cl3N3O4. The summed E-state index contributed by atoms with van der Waals surface area (Å²) >= 11 is 18.4. The smallest absolute Gasteiger partial charge is 0.299 e. The molecule has 148 valence electrons. The Bertz CT molecular complexity index is 923. The number of nitrogens with zero attached hydrogens (tertiary/aromatic N) is 2. The van der Waals surface area contributed by atoms with Crippen LogP contribution in [0.1, 0.15) is 43.6 Å². The van der Waals surface area contributed by atoms with E-state index in [4.69, 9.17) is 34.8 Å². The largest absolute Gasteiger partial charge is 0.347 e. The second kappa shape index (κ2) is 8.51. The lowest BCUT2D eigenvalue weighted by molar-refractivity contribution is -0.393. The summed E-state index contributed by atoms with van der Waals surface area (Å²) in [4.78, 5) is 21.8. The summed E-state index contributed by atoms with van der Waals surface area (Å²) in [6, 6.07) is 5.29. The van der Waals surface area contributed by atoms with E-state index in [1.165, 1.54) is 18.2 Å². The summed E-state index contributed by atoms with van der Waals surface area (Å²) in [6.07, 6.45) is 4.60. The van der Waals surface area contributed by atoms with Crippen LogP contribution in [0.3, 0.4) is 0 Å². The van der Waals surface area contributed by atoms with Gasteiger partial charge in [0.1, 0.15) is 5.69 Å². The zero-order valence-corrected chi connectivity index (χ0v) is 16.9. The molecule has 10 heteroatoms. The van der Waals surface area contributed by atoms with Crippen molar-refractivity contribution >= 4 is 57.6 Å². The molecule has 1 saturated carbocycles. The third-order valence-corrected chi connectivity index (χ3v) is 5.66. The summed E-state index contributed by atoms with van der Waals surface area (Å²) < 4.78 is 0. The predicted octanol–water partition coefficient (Wildman–Crippen LogP) is 7.25. The summed E-state index contributed by atoms with van der Waals surface area (Å²) in [5, 5.41) is 26.7. The van der Waals surface area contributed by atoms with Gasteiger partial charge in [-0.2, -0.15) is 0 Å². The topological polar surface area (TPSA) is 98.3 Å². The number of halogens is 3. The SMILES string of the molecule is O=[N+]([O-])c1cc(C2CCCCC2)c(Nc2c(Cl)cc(Cl)cc2Cl)c([N+](=O)[O-])c1. The molecule has 28 heavy (non-hydrogen) atoms. The van der Waals surface area contributed by atoms with Gasteiger partial charge in [-0.05, 0) is 36.5 Å². The number of non-ortho nitro benzene ring substituents is 1. The number of benzene rings is 2. The monoisotopic (exact) mass is 443 g/mol. The first kappa shape index (κ1) is 20.6. The fraction of sp³-hybridized carbons (Fsp3) is 0.333. The van der Waals surface area contributed by atoms with E-state index in [-0.39, 0.29) is 33.0 Å². The Kier molecular flexibility index (Phi) is 6.27. The van der Waals surface area contributed by atoms with Crippen LogP contribution >= 0.6 is 34.8 Å². The van der Waals surface area contributed by atoms with Crippen LogP contribution in [0, 0.1) is 20.2 Å². The zero-order valence-electron chi connectivity index (χ0n) is 14.6. The van der Waals surface area contributed by atoms with E-state index >= 15 is 0 Å². The number of nitro groups is 2. The van der Waals surface area contributed by atoms with Crippen LogP contribution in [0.5, 0.6) is 0 Å². The summed E-state index contributed by atoms with van der Waals surface area (Å²) in [5.74, 6) is -0.0281. The summed E-state index contributed by atoms with van der Waals surface area (Å²) in [7, 11) is 0. The number of nitro benzene ring substituents is 2. The van der Waals surface area contributed by atoms with Gasteiger partial charge in [0.2, 0.25) is 0 Å². The Morgan fingerprint density at radius 2 is 1.46 bits per heavy atom. The standard InChI is InChI=1S/C18H16Cl3N3O4/c19-11-6-14(20)18(15(21)7-11)22-17-13(10-4-2-1-3-5-10)8-12(23(25)26)9-16(17)24(27)28/h6-10,22H,1-5H2. The van der Waals surface area contributed by atoms with E-state index in [9.17, 15) is 20.2 Å². The number of rotatable bonds is 5. The molecule has 1 aliphatic rings. The van der Waals surface area contributed by atoms with Crippen molar-refractivity contribution in [3.05, 3.63) is 65.1 Å². The lowest BCUT2D eigenvalue weighted by atomic mass is 9.82. The number of nitrogens with one attached hydrogen (secondary N) is 1. The fourth-order valence-corrected chi connectivity index (χ4v) is 4.45. The van der Waals surface area contributed by atoms with Gasteiger partial charge in [0, 0.05) is 11.1 Å². The maximum atomic E-state index is 11.7. The van der Waals surface area contributed by atoms with Crippen molar-refractivity contribution in [1.29, 1.82) is 0 Å². The first-order valence-corrected chi connectivity index (χ1v) is 9.79. The average molecular weight is 445 g/mol. The van der Waals surface area contributed by atoms with Gasteiger partial charge in [0.25, 0.3) is 11.4 Å². The minimum Gasteiger partial charge on any atom is -0.347 e. The molecule has 2 aromatic rings. The second-order valence-corrected chi connectivity index (χ2v) is 7.90. The molecular weight excluding hydrogens is 429 g/mol. The number of anilines is 2. The van der Waals surface area contributed by atoms with Gasteiger partial charge in [0.05, 0.1) is 31.6 Å². The van der Waals surface area contributed by atoms with Crippen molar-refractivity contribution < 1.29 is 9.85 Å². The Balaban J connectivity index is 2.19. The molecule has 2 aromatic carbocycles. The fourth-order valence-electron chi connectivity index (χ4n) is 3.54. The van der Waals surface area contributed by atoms with Crippen molar-refractivity contribution in [2.24, 2.45) is 0 Å². The molecule has 7 nitrogen and oxygen atoms in total. The number of hydrogen-bond acceptors (Lipinski definition) is 5. The molecule has 0 atom stereocenters. The van der Waals surface area contributed by atoms with Crippen molar-refractivity contribution in [3.63, 3.8) is 0 Å². The van der Waals surface area contributed by atoms with Crippen molar-refractivity contribution in [1.82, 2.24) is 0 Å². The maximum Gasteiger partial charge on any atom is 0.299 e. The van der Waals surface area contributed by atoms with Crippen molar-refractivity contribution in [2.75, 3.05) is 5.32 Å². The van der Waals surface area contributed by atoms with Crippen LogP contribution in [0.4, 0.5) is 22.7 Å². The summed E-state index contributed by atoms with van der Waals surface area (Å²) in [5.41, 5.74) is 0.265. The highest BCUT2D eigenvalue weighted by molar-refractivity contribution is 6.41. The molecule has 0 heterocycles. The molecule has 0 saturated heterocycles. The molecule has 1 N–H and O–H groups in total. The van der Waals surface area contributed by atoms with Gasteiger partial charge in [-0.25, -0.2) is 0 Å². The normalized spacial score (nSPS) is 14.7. The third-order valence-electron chi connectivity index (χ3n) is 4.84. The highest BCUT2D eigenvalue weighted by Crippen LogP contribution is 2.45. The third kappa shape index (κ3) is 4.32. The average Bonchev–Trinajstić information content (AvgIpc) is 2.64. The van der Waals surface area contributed by atoms with Crippen LogP contribution < -0.4 is 5.32 Å². The zero-order chi connectivity index (χ0) is 20.4. The van der Waals surface area contributed by atoms with E-state index < -0.39 is 15.5 Å². The molecule has 0 amide bonds. The molecule has 0 bridgehead atoms. The van der Waals surface area contributed by atoms with E-state index in [0.717, 1.165) is 38.2 Å². The van der Waals surface area contributed by atoms with E-state index in [1.807, 2.05) is 0 Å². The molecule has 0 radical (unpaired) electrons. The minimum absolute atomic E-state index is 0.0281. The van der Waals surface area contributed by atoms with Crippen LogP contribution in [-0.4, -0.2) is 9.85 Å². The van der Waals surface area contributed by atoms with Gasteiger partial charge >= 0.3 is 0 Å². The first-order valence-electron chi connectivity index (χ1n) is 8.66. The van der Waals surface area contributed by atoms with Crippen molar-refractivity contribution in [2.45, 2.75) is 38.0 Å². The van der Waals surface area contributed by atoms with E-state index in [0.29, 0.717) is 10.6 Å². The Hall–Kier alpha value is -2.09. The quantitative estimate of drug-likeness (QED) is 0.386. The predicted molar refractivity (Wildman–Crippen MR) is 110 cm³/mol. The highest BCUT2D eigenvalue weighted by atomic mass is 35.5. The molecule has 0 spiro atoms. The van der Waals surface area contributed by atoms with Crippen LogP contribution in [0.2, 0.25) is 15.1 Å². The minimum atomic E-state index is -0.639. The van der Waals surface area contributed by atoms with Gasteiger partial charge in [0.15, 0.2) is 0 Å². The van der Waals surface area contributed by atoms with Crippen LogP contribution in [-0.2, 0) is 0 Å². The molecule has 0 aromatic heterocycles. The van der Waals surface area contributed by atoms with Crippen molar-refractivity contribution in [3.8, 4) is 0 Å². The molecule has 1 aliphatic carbocycles. The molecule has 1 fully saturated rings. The molecule has 0 unspecified atom stereocenters. The lowest BCUT2D eigenvalue weighted by Crippen LogP contribution is -2.10. The highest BCUT2D eigenvalue weighted by Gasteiger charge is 2.29. The van der Waals surface area contributed by atoms with E-state index in [1.54, 1.807) is 0 Å². The van der Waals surface area contributed by atoms with Crippen LogP contribution in [0.25, 0.3) is 0 Å². The van der Waals surface area contributed by atoms with Gasteiger partial charge in [-0.3, -0.25) is 20.2 Å². The van der Waals surface area contributed by atoms with Gasteiger partial charge in [-0.15, -0.1) is 0 Å². The maximum absolute atomic E-state index is 11.7. The lowest BCUT2D eigenvalue weighted by Gasteiger charge is -2.25. The summed E-state index contributed by atoms with van der Waals surface area (Å²) in [6.45, 7) is 0. The Morgan fingerprint density at radius 1 is 0.857 bits per heavy atom. The first-order chi connectivity index (χ1) is 13.3. The van der Waals surface area contributed by atoms with E-state index in [2.05, 4.69) is 5.32 Å². The Labute approximate surface area is 175 Å². The molecule has 0 aliphatic heterocycles. The second-order valence-electron chi connectivity index (χ2n) is 6.65. The number of hydrogen-bond donors (Lipinski definition) is 1. The van der Waals surface area contributed by atoms with Gasteiger partial charge < -0.3 is 5.32 Å². The molecule has 3 rings (SSSR count). The Morgan fingerprint density at radius 3 is 2.00 bits per heavy atom. The van der Waals surface area contributed by atoms with Crippen LogP contribution in [0.15, 0.2) is 24.3 Å². The van der Waals surface area contributed by atoms with Gasteiger partial charge in [-0.1, -0.05) is 54.1 Å².